The van der Waals surface area contributed by atoms with E-state index in [9.17, 15) is 4.39 Å². The van der Waals surface area contributed by atoms with Gasteiger partial charge in [-0.15, -0.1) is 0 Å². The normalized spacial score (nSPS) is 10.2. The maximum Gasteiger partial charge on any atom is 0.147 e. The average Bonchev–Trinajstić information content (AvgIpc) is 2.15. The monoisotopic (exact) mass is 217 g/mol. The van der Waals surface area contributed by atoms with E-state index in [0.29, 0.717) is 23.9 Å². The summed E-state index contributed by atoms with van der Waals surface area (Å²) in [6.07, 6.45) is 0.846. The van der Waals surface area contributed by atoms with Gasteiger partial charge in [0, 0.05) is 25.3 Å². The minimum Gasteiger partial charge on any atom is -0.385 e. The van der Waals surface area contributed by atoms with Gasteiger partial charge in [0.15, 0.2) is 0 Å². The largest absolute Gasteiger partial charge is 0.385 e. The molecule has 0 bridgehead atoms. The topological polar surface area (TPSA) is 21.3 Å². The third kappa shape index (κ3) is 3.52. The highest BCUT2D eigenvalue weighted by Crippen LogP contribution is 2.18. The molecule has 4 heteroatoms. The van der Waals surface area contributed by atoms with Crippen LogP contribution in [0.15, 0.2) is 18.2 Å². The van der Waals surface area contributed by atoms with Crippen LogP contribution in [0.25, 0.3) is 0 Å². The number of rotatable bonds is 5. The fourth-order valence-electron chi connectivity index (χ4n) is 1.07. The second-order valence-corrected chi connectivity index (χ2v) is 3.33. The first-order valence-corrected chi connectivity index (χ1v) is 4.79. The Morgan fingerprint density at radius 2 is 2.29 bits per heavy atom. The Morgan fingerprint density at radius 1 is 1.50 bits per heavy atom. The minimum atomic E-state index is -0.324. The van der Waals surface area contributed by atoms with E-state index in [0.717, 1.165) is 6.42 Å². The summed E-state index contributed by atoms with van der Waals surface area (Å²) in [5.41, 5.74) is 0.477. The first-order valence-electron chi connectivity index (χ1n) is 4.42. The zero-order valence-electron chi connectivity index (χ0n) is 8.02. The molecule has 0 radical (unpaired) electrons. The van der Waals surface area contributed by atoms with Crippen molar-refractivity contribution in [1.82, 2.24) is 0 Å². The van der Waals surface area contributed by atoms with Crippen molar-refractivity contribution in [3.63, 3.8) is 0 Å². The molecular weight excluding hydrogens is 205 g/mol. The number of benzene rings is 1. The molecule has 0 amide bonds. The van der Waals surface area contributed by atoms with Gasteiger partial charge in [-0.3, -0.25) is 0 Å². The third-order valence-electron chi connectivity index (χ3n) is 1.77. The fraction of sp³-hybridized carbons (Fsp3) is 0.400. The molecule has 0 unspecified atom stereocenters. The van der Waals surface area contributed by atoms with Crippen LogP contribution in [-0.2, 0) is 4.74 Å². The highest BCUT2D eigenvalue weighted by molar-refractivity contribution is 6.30. The number of methoxy groups -OCH3 is 1. The lowest BCUT2D eigenvalue weighted by molar-refractivity contribution is 0.197. The second-order valence-electron chi connectivity index (χ2n) is 2.90. The highest BCUT2D eigenvalue weighted by Gasteiger charge is 2.00. The smallest absolute Gasteiger partial charge is 0.147 e. The molecule has 1 rings (SSSR count). The Hall–Kier alpha value is -0.800. The van der Waals surface area contributed by atoms with Gasteiger partial charge in [-0.05, 0) is 24.6 Å². The summed E-state index contributed by atoms with van der Waals surface area (Å²) in [5, 5.41) is 3.37. The number of hydrogen-bond donors (Lipinski definition) is 1. The second kappa shape index (κ2) is 5.83. The summed E-state index contributed by atoms with van der Waals surface area (Å²) >= 11 is 5.61. The molecule has 2 nitrogen and oxygen atoms in total. The lowest BCUT2D eigenvalue weighted by atomic mass is 10.3. The summed E-state index contributed by atoms with van der Waals surface area (Å²) in [6, 6.07) is 4.58. The number of halogens is 2. The van der Waals surface area contributed by atoms with Crippen molar-refractivity contribution in [2.24, 2.45) is 0 Å². The van der Waals surface area contributed by atoms with Crippen molar-refractivity contribution >= 4 is 17.3 Å². The molecule has 0 spiro atoms. The van der Waals surface area contributed by atoms with Gasteiger partial charge in [-0.25, -0.2) is 4.39 Å². The summed E-state index contributed by atoms with van der Waals surface area (Å²) < 4.78 is 18.1. The van der Waals surface area contributed by atoms with Gasteiger partial charge in [-0.2, -0.15) is 0 Å². The number of hydrogen-bond acceptors (Lipinski definition) is 2. The Morgan fingerprint density at radius 3 is 2.93 bits per heavy atom. The predicted molar refractivity (Wildman–Crippen MR) is 56.4 cm³/mol. The number of anilines is 1. The molecule has 0 aliphatic rings. The predicted octanol–water partition coefficient (Wildman–Crippen LogP) is 2.93. The average molecular weight is 218 g/mol. The van der Waals surface area contributed by atoms with Gasteiger partial charge in [0.25, 0.3) is 0 Å². The quantitative estimate of drug-likeness (QED) is 0.766. The van der Waals surface area contributed by atoms with Crippen molar-refractivity contribution in [1.29, 1.82) is 0 Å². The van der Waals surface area contributed by atoms with Gasteiger partial charge < -0.3 is 10.1 Å². The molecule has 0 heterocycles. The van der Waals surface area contributed by atoms with Crippen LogP contribution >= 0.6 is 11.6 Å². The Balaban J connectivity index is 2.42. The molecule has 0 saturated carbocycles. The van der Waals surface area contributed by atoms with E-state index in [1.54, 1.807) is 19.2 Å². The van der Waals surface area contributed by atoms with Gasteiger partial charge in [0.05, 0.1) is 5.69 Å². The van der Waals surface area contributed by atoms with Gasteiger partial charge in [-0.1, -0.05) is 11.6 Å². The maximum atomic E-state index is 13.2. The van der Waals surface area contributed by atoms with Crippen molar-refractivity contribution in [2.45, 2.75) is 6.42 Å². The summed E-state index contributed by atoms with van der Waals surface area (Å²) in [4.78, 5) is 0. The van der Waals surface area contributed by atoms with Crippen LogP contribution in [0.1, 0.15) is 6.42 Å². The van der Waals surface area contributed by atoms with Crippen LogP contribution in [0, 0.1) is 5.82 Å². The van der Waals surface area contributed by atoms with Crippen LogP contribution in [0.3, 0.4) is 0 Å². The molecular formula is C10H13ClFNO. The maximum absolute atomic E-state index is 13.2. The van der Waals surface area contributed by atoms with E-state index in [2.05, 4.69) is 5.32 Å². The van der Waals surface area contributed by atoms with E-state index < -0.39 is 0 Å². The molecule has 0 fully saturated rings. The first-order chi connectivity index (χ1) is 6.74. The van der Waals surface area contributed by atoms with Crippen molar-refractivity contribution in [3.05, 3.63) is 29.0 Å². The Kier molecular flexibility index (Phi) is 4.70. The molecule has 1 aromatic rings. The van der Waals surface area contributed by atoms with Crippen molar-refractivity contribution in [2.75, 3.05) is 25.6 Å². The molecule has 1 aromatic carbocycles. The zero-order valence-corrected chi connectivity index (χ0v) is 8.77. The molecule has 0 saturated heterocycles. The van der Waals surface area contributed by atoms with E-state index >= 15 is 0 Å². The summed E-state index contributed by atoms with van der Waals surface area (Å²) in [5.74, 6) is -0.324. The third-order valence-corrected chi connectivity index (χ3v) is 2.01. The molecule has 1 N–H and O–H groups in total. The van der Waals surface area contributed by atoms with Crippen molar-refractivity contribution < 1.29 is 9.13 Å². The Labute approximate surface area is 88.0 Å². The fourth-order valence-corrected chi connectivity index (χ4v) is 1.23. The van der Waals surface area contributed by atoms with Crippen LogP contribution in [0.2, 0.25) is 5.02 Å². The molecule has 0 aliphatic heterocycles. The summed E-state index contributed by atoms with van der Waals surface area (Å²) in [6.45, 7) is 1.36. The van der Waals surface area contributed by atoms with Crippen LogP contribution in [0.5, 0.6) is 0 Å². The van der Waals surface area contributed by atoms with E-state index in [4.69, 9.17) is 16.3 Å². The molecule has 78 valence electrons. The highest BCUT2D eigenvalue weighted by atomic mass is 35.5. The van der Waals surface area contributed by atoms with Gasteiger partial charge >= 0.3 is 0 Å². The summed E-state index contributed by atoms with van der Waals surface area (Å²) in [7, 11) is 1.64. The minimum absolute atomic E-state index is 0.324. The SMILES string of the molecule is COCCCNc1ccc(Cl)cc1F. The van der Waals surface area contributed by atoms with Crippen LogP contribution in [0.4, 0.5) is 10.1 Å². The molecule has 0 atom stereocenters. The number of ether oxygens (including phenoxy) is 1. The molecule has 14 heavy (non-hydrogen) atoms. The van der Waals surface area contributed by atoms with Gasteiger partial charge in [0.1, 0.15) is 5.82 Å². The standard InChI is InChI=1S/C10H13ClFNO/c1-14-6-2-5-13-10-4-3-8(11)7-9(10)12/h3-4,7,13H,2,5-6H2,1H3. The Bertz CT molecular complexity index is 293. The molecule has 0 aromatic heterocycles. The van der Waals surface area contributed by atoms with Crippen LogP contribution in [-0.4, -0.2) is 20.3 Å². The first kappa shape index (κ1) is 11.3. The zero-order chi connectivity index (χ0) is 10.4. The van der Waals surface area contributed by atoms with E-state index in [-0.39, 0.29) is 5.82 Å². The lowest BCUT2D eigenvalue weighted by Gasteiger charge is -2.06. The number of nitrogens with one attached hydrogen (secondary N) is 1. The van der Waals surface area contributed by atoms with E-state index in [1.165, 1.54) is 6.07 Å². The molecule has 0 aliphatic carbocycles. The van der Waals surface area contributed by atoms with E-state index in [1.807, 2.05) is 0 Å². The lowest BCUT2D eigenvalue weighted by Crippen LogP contribution is -2.05. The van der Waals surface area contributed by atoms with Gasteiger partial charge in [0.2, 0.25) is 0 Å². The van der Waals surface area contributed by atoms with Crippen molar-refractivity contribution in [3.8, 4) is 0 Å². The van der Waals surface area contributed by atoms with Crippen LogP contribution < -0.4 is 5.32 Å².